The Morgan fingerprint density at radius 2 is 2.18 bits per heavy atom. The minimum absolute atomic E-state index is 0.0490. The Labute approximate surface area is 103 Å². The normalized spacial score (nSPS) is 16.8. The first-order valence-electron chi connectivity index (χ1n) is 6.33. The standard InChI is InChI=1S/C12H24N2O3/c1-16-7-8-17-6-2-5-14-12(15)9-11(13)10-3-4-10/h10-11H,2-9,13H2,1H3,(H,14,15). The molecule has 0 spiro atoms. The summed E-state index contributed by atoms with van der Waals surface area (Å²) in [5.74, 6) is 0.638. The van der Waals surface area contributed by atoms with Crippen LogP contribution in [0.2, 0.25) is 0 Å². The highest BCUT2D eigenvalue weighted by Gasteiger charge is 2.29. The molecule has 5 heteroatoms. The highest BCUT2D eigenvalue weighted by atomic mass is 16.5. The monoisotopic (exact) mass is 244 g/mol. The van der Waals surface area contributed by atoms with E-state index in [1.165, 1.54) is 12.8 Å². The van der Waals surface area contributed by atoms with Gasteiger partial charge in [0.2, 0.25) is 5.91 Å². The van der Waals surface area contributed by atoms with E-state index in [0.717, 1.165) is 6.42 Å². The highest BCUT2D eigenvalue weighted by molar-refractivity contribution is 5.76. The summed E-state index contributed by atoms with van der Waals surface area (Å²) in [4.78, 5) is 11.5. The van der Waals surface area contributed by atoms with E-state index in [4.69, 9.17) is 15.2 Å². The average Bonchev–Trinajstić information content (AvgIpc) is 3.11. The van der Waals surface area contributed by atoms with E-state index < -0.39 is 0 Å². The molecule has 1 aliphatic rings. The first kappa shape index (κ1) is 14.4. The summed E-state index contributed by atoms with van der Waals surface area (Å²) >= 11 is 0. The average molecular weight is 244 g/mol. The second kappa shape index (κ2) is 8.44. The van der Waals surface area contributed by atoms with E-state index in [1.807, 2.05) is 0 Å². The van der Waals surface area contributed by atoms with Crippen LogP contribution in [0.5, 0.6) is 0 Å². The number of amides is 1. The molecular formula is C12H24N2O3. The largest absolute Gasteiger partial charge is 0.382 e. The molecular weight excluding hydrogens is 220 g/mol. The van der Waals surface area contributed by atoms with Gasteiger partial charge in [0.05, 0.1) is 13.2 Å². The number of carbonyl (C=O) groups excluding carboxylic acids is 1. The quantitative estimate of drug-likeness (QED) is 0.541. The van der Waals surface area contributed by atoms with Gasteiger partial charge in [0.1, 0.15) is 0 Å². The molecule has 0 radical (unpaired) electrons. The number of hydrogen-bond acceptors (Lipinski definition) is 4. The molecule has 1 unspecified atom stereocenters. The predicted octanol–water partition coefficient (Wildman–Crippen LogP) is 0.283. The molecule has 0 aromatic carbocycles. The summed E-state index contributed by atoms with van der Waals surface area (Å²) in [5.41, 5.74) is 5.87. The van der Waals surface area contributed by atoms with Gasteiger partial charge in [-0.15, -0.1) is 0 Å². The lowest BCUT2D eigenvalue weighted by atomic mass is 10.1. The van der Waals surface area contributed by atoms with E-state index in [2.05, 4.69) is 5.32 Å². The van der Waals surface area contributed by atoms with Crippen LogP contribution in [0.15, 0.2) is 0 Å². The van der Waals surface area contributed by atoms with Crippen molar-refractivity contribution in [3.63, 3.8) is 0 Å². The lowest BCUT2D eigenvalue weighted by Gasteiger charge is -2.10. The van der Waals surface area contributed by atoms with Crippen molar-refractivity contribution in [1.29, 1.82) is 0 Å². The number of hydrogen-bond donors (Lipinski definition) is 2. The van der Waals surface area contributed by atoms with Crippen LogP contribution >= 0.6 is 0 Å². The van der Waals surface area contributed by atoms with Crippen molar-refractivity contribution < 1.29 is 14.3 Å². The summed E-state index contributed by atoms with van der Waals surface area (Å²) in [6, 6.07) is 0.0490. The van der Waals surface area contributed by atoms with Crippen LogP contribution in [0.3, 0.4) is 0 Å². The van der Waals surface area contributed by atoms with Gasteiger partial charge >= 0.3 is 0 Å². The van der Waals surface area contributed by atoms with Gasteiger partial charge in [-0.05, 0) is 25.2 Å². The molecule has 100 valence electrons. The van der Waals surface area contributed by atoms with Crippen LogP contribution in [0.25, 0.3) is 0 Å². The molecule has 0 aromatic heterocycles. The zero-order valence-corrected chi connectivity index (χ0v) is 10.6. The van der Waals surface area contributed by atoms with Gasteiger partial charge in [0.25, 0.3) is 0 Å². The van der Waals surface area contributed by atoms with Crippen molar-refractivity contribution in [2.24, 2.45) is 11.7 Å². The minimum atomic E-state index is 0.0490. The maximum atomic E-state index is 11.5. The van der Waals surface area contributed by atoms with Crippen molar-refractivity contribution in [1.82, 2.24) is 5.32 Å². The number of methoxy groups -OCH3 is 1. The molecule has 1 saturated carbocycles. The molecule has 1 atom stereocenters. The Kier molecular flexibility index (Phi) is 7.16. The lowest BCUT2D eigenvalue weighted by molar-refractivity contribution is -0.121. The van der Waals surface area contributed by atoms with Gasteiger partial charge in [0.15, 0.2) is 0 Å². The maximum Gasteiger partial charge on any atom is 0.221 e. The van der Waals surface area contributed by atoms with Crippen LogP contribution in [0, 0.1) is 5.92 Å². The first-order valence-corrected chi connectivity index (χ1v) is 6.33. The van der Waals surface area contributed by atoms with E-state index >= 15 is 0 Å². The third-order valence-corrected chi connectivity index (χ3v) is 2.87. The number of ether oxygens (including phenoxy) is 2. The minimum Gasteiger partial charge on any atom is -0.382 e. The molecule has 1 aliphatic carbocycles. The van der Waals surface area contributed by atoms with Gasteiger partial charge in [-0.3, -0.25) is 4.79 Å². The second-order valence-corrected chi connectivity index (χ2v) is 4.51. The molecule has 3 N–H and O–H groups in total. The molecule has 1 rings (SSSR count). The molecule has 0 saturated heterocycles. The summed E-state index contributed by atoms with van der Waals surface area (Å²) < 4.78 is 10.1. The van der Waals surface area contributed by atoms with Gasteiger partial charge in [0, 0.05) is 32.7 Å². The third-order valence-electron chi connectivity index (χ3n) is 2.87. The van der Waals surface area contributed by atoms with Crippen molar-refractivity contribution >= 4 is 5.91 Å². The van der Waals surface area contributed by atoms with Crippen LogP contribution in [0.4, 0.5) is 0 Å². The Hall–Kier alpha value is -0.650. The van der Waals surface area contributed by atoms with Crippen LogP contribution in [0.1, 0.15) is 25.7 Å². The SMILES string of the molecule is COCCOCCCNC(=O)CC(N)C1CC1. The fourth-order valence-corrected chi connectivity index (χ4v) is 1.62. The summed E-state index contributed by atoms with van der Waals surface area (Å²) in [7, 11) is 1.65. The maximum absolute atomic E-state index is 11.5. The Morgan fingerprint density at radius 3 is 2.82 bits per heavy atom. The third kappa shape index (κ3) is 7.31. The molecule has 0 bridgehead atoms. The van der Waals surface area contributed by atoms with Crippen molar-refractivity contribution in [3.05, 3.63) is 0 Å². The molecule has 0 aromatic rings. The Morgan fingerprint density at radius 1 is 1.41 bits per heavy atom. The van der Waals surface area contributed by atoms with Crippen LogP contribution in [-0.2, 0) is 14.3 Å². The fourth-order valence-electron chi connectivity index (χ4n) is 1.62. The summed E-state index contributed by atoms with van der Waals surface area (Å²) in [6.07, 6.45) is 3.65. The fraction of sp³-hybridized carbons (Fsp3) is 0.917. The molecule has 17 heavy (non-hydrogen) atoms. The van der Waals surface area contributed by atoms with E-state index in [1.54, 1.807) is 7.11 Å². The summed E-state index contributed by atoms with van der Waals surface area (Å²) in [5, 5.41) is 2.86. The van der Waals surface area contributed by atoms with Gasteiger partial charge in [-0.25, -0.2) is 0 Å². The van der Waals surface area contributed by atoms with E-state index in [9.17, 15) is 4.79 Å². The van der Waals surface area contributed by atoms with Gasteiger partial charge < -0.3 is 20.5 Å². The molecule has 5 nitrogen and oxygen atoms in total. The topological polar surface area (TPSA) is 73.6 Å². The van der Waals surface area contributed by atoms with Crippen molar-refractivity contribution in [2.75, 3.05) is 33.5 Å². The number of nitrogens with two attached hydrogens (primary N) is 1. The van der Waals surface area contributed by atoms with Gasteiger partial charge in [-0.2, -0.15) is 0 Å². The zero-order chi connectivity index (χ0) is 12.5. The molecule has 0 aliphatic heterocycles. The predicted molar refractivity (Wildman–Crippen MR) is 65.6 cm³/mol. The number of nitrogens with one attached hydrogen (secondary N) is 1. The molecule has 1 amide bonds. The van der Waals surface area contributed by atoms with Crippen molar-refractivity contribution in [3.8, 4) is 0 Å². The highest BCUT2D eigenvalue weighted by Crippen LogP contribution is 2.32. The first-order chi connectivity index (χ1) is 8.24. The molecule has 1 fully saturated rings. The van der Waals surface area contributed by atoms with Crippen LogP contribution in [-0.4, -0.2) is 45.4 Å². The second-order valence-electron chi connectivity index (χ2n) is 4.51. The Balaban J connectivity index is 1.86. The smallest absolute Gasteiger partial charge is 0.221 e. The van der Waals surface area contributed by atoms with Crippen LogP contribution < -0.4 is 11.1 Å². The summed E-state index contributed by atoms with van der Waals surface area (Å²) in [6.45, 7) is 2.53. The molecule has 0 heterocycles. The number of rotatable bonds is 10. The zero-order valence-electron chi connectivity index (χ0n) is 10.6. The lowest BCUT2D eigenvalue weighted by Crippen LogP contribution is -2.33. The number of carbonyl (C=O) groups is 1. The van der Waals surface area contributed by atoms with E-state index in [-0.39, 0.29) is 11.9 Å². The van der Waals surface area contributed by atoms with Gasteiger partial charge in [-0.1, -0.05) is 0 Å². The van der Waals surface area contributed by atoms with E-state index in [0.29, 0.717) is 38.7 Å². The van der Waals surface area contributed by atoms with Crippen molar-refractivity contribution in [2.45, 2.75) is 31.7 Å². The Bertz CT molecular complexity index is 220.